The van der Waals surface area contributed by atoms with E-state index >= 15 is 0 Å². The highest BCUT2D eigenvalue weighted by atomic mass is 15.2. The molecular formula is C11H21N. The predicted molar refractivity (Wildman–Crippen MR) is 54.2 cm³/mol. The molecule has 0 aromatic heterocycles. The lowest BCUT2D eigenvalue weighted by molar-refractivity contribution is 0.135. The zero-order valence-electron chi connectivity index (χ0n) is 8.80. The van der Waals surface area contributed by atoms with E-state index in [0.29, 0.717) is 11.5 Å². The Morgan fingerprint density at radius 1 is 1.42 bits per heavy atom. The van der Waals surface area contributed by atoms with Crippen molar-refractivity contribution in [2.75, 3.05) is 13.1 Å². The van der Waals surface area contributed by atoms with Crippen molar-refractivity contribution in [2.45, 2.75) is 40.2 Å². The lowest BCUT2D eigenvalue weighted by atomic mass is 9.84. The van der Waals surface area contributed by atoms with Crippen LogP contribution in [0.25, 0.3) is 0 Å². The molecule has 70 valence electrons. The fourth-order valence-corrected chi connectivity index (χ4v) is 1.92. The lowest BCUT2D eigenvalue weighted by Crippen LogP contribution is -2.44. The van der Waals surface area contributed by atoms with Crippen LogP contribution in [0, 0.1) is 5.41 Å². The smallest absolute Gasteiger partial charge is 0.0326 e. The summed E-state index contributed by atoms with van der Waals surface area (Å²) in [4.78, 5) is 2.56. The van der Waals surface area contributed by atoms with Crippen LogP contribution in [0.2, 0.25) is 0 Å². The largest absolute Gasteiger partial charge is 0.296 e. The average molecular weight is 167 g/mol. The van der Waals surface area contributed by atoms with Crippen molar-refractivity contribution >= 4 is 0 Å². The number of likely N-dealkylation sites (N-methyl/N-ethyl adjacent to an activating group) is 1. The zero-order valence-corrected chi connectivity index (χ0v) is 8.80. The fourth-order valence-electron chi connectivity index (χ4n) is 1.92. The molecule has 1 rings (SSSR count). The Morgan fingerprint density at radius 3 is 2.50 bits per heavy atom. The molecule has 0 amide bonds. The van der Waals surface area contributed by atoms with Crippen molar-refractivity contribution in [1.29, 1.82) is 0 Å². The van der Waals surface area contributed by atoms with Gasteiger partial charge in [0.1, 0.15) is 0 Å². The SMILES string of the molecule is CCN1CCC=CC1C(C)(C)C. The van der Waals surface area contributed by atoms with Gasteiger partial charge < -0.3 is 0 Å². The van der Waals surface area contributed by atoms with Gasteiger partial charge in [-0.15, -0.1) is 0 Å². The van der Waals surface area contributed by atoms with Crippen LogP contribution >= 0.6 is 0 Å². The number of rotatable bonds is 1. The Morgan fingerprint density at radius 2 is 2.08 bits per heavy atom. The van der Waals surface area contributed by atoms with E-state index in [2.05, 4.69) is 44.7 Å². The molecule has 0 aliphatic carbocycles. The summed E-state index contributed by atoms with van der Waals surface area (Å²) in [7, 11) is 0. The minimum Gasteiger partial charge on any atom is -0.296 e. The summed E-state index contributed by atoms with van der Waals surface area (Å²) in [6, 6.07) is 0.635. The third-order valence-electron chi connectivity index (χ3n) is 2.59. The fraction of sp³-hybridized carbons (Fsp3) is 0.818. The predicted octanol–water partition coefficient (Wildman–Crippen LogP) is 2.68. The first kappa shape index (κ1) is 9.79. The Kier molecular flexibility index (Phi) is 2.94. The Bertz CT molecular complexity index is 164. The molecule has 0 fully saturated rings. The first-order chi connectivity index (χ1) is 5.55. The first-order valence-corrected chi connectivity index (χ1v) is 4.96. The van der Waals surface area contributed by atoms with Crippen LogP contribution in [-0.4, -0.2) is 24.0 Å². The molecular weight excluding hydrogens is 146 g/mol. The zero-order chi connectivity index (χ0) is 9.19. The van der Waals surface area contributed by atoms with E-state index in [9.17, 15) is 0 Å². The van der Waals surface area contributed by atoms with Gasteiger partial charge in [0.05, 0.1) is 0 Å². The van der Waals surface area contributed by atoms with Crippen LogP contribution in [0.1, 0.15) is 34.1 Å². The number of hydrogen-bond donors (Lipinski definition) is 0. The molecule has 1 nitrogen and oxygen atoms in total. The molecule has 0 aromatic rings. The molecule has 1 heteroatoms. The van der Waals surface area contributed by atoms with Crippen molar-refractivity contribution in [1.82, 2.24) is 4.90 Å². The van der Waals surface area contributed by atoms with E-state index in [-0.39, 0.29) is 0 Å². The third kappa shape index (κ3) is 2.10. The summed E-state index contributed by atoms with van der Waals surface area (Å²) in [6.45, 7) is 11.6. The summed E-state index contributed by atoms with van der Waals surface area (Å²) in [5.74, 6) is 0. The molecule has 1 aliphatic rings. The summed E-state index contributed by atoms with van der Waals surface area (Å²) >= 11 is 0. The number of nitrogens with zero attached hydrogens (tertiary/aromatic N) is 1. The van der Waals surface area contributed by atoms with Crippen LogP contribution in [0.5, 0.6) is 0 Å². The van der Waals surface area contributed by atoms with E-state index in [1.54, 1.807) is 0 Å². The van der Waals surface area contributed by atoms with Crippen molar-refractivity contribution in [3.63, 3.8) is 0 Å². The molecule has 1 unspecified atom stereocenters. The van der Waals surface area contributed by atoms with Crippen LogP contribution in [-0.2, 0) is 0 Å². The van der Waals surface area contributed by atoms with Gasteiger partial charge in [-0.25, -0.2) is 0 Å². The summed E-state index contributed by atoms with van der Waals surface area (Å²) in [5, 5.41) is 0. The lowest BCUT2D eigenvalue weighted by Gasteiger charge is -2.39. The van der Waals surface area contributed by atoms with Gasteiger partial charge >= 0.3 is 0 Å². The quantitative estimate of drug-likeness (QED) is 0.543. The molecule has 12 heavy (non-hydrogen) atoms. The van der Waals surface area contributed by atoms with Crippen LogP contribution < -0.4 is 0 Å². The van der Waals surface area contributed by atoms with E-state index in [1.807, 2.05) is 0 Å². The molecule has 0 aromatic carbocycles. The topological polar surface area (TPSA) is 3.24 Å². The molecule has 0 N–H and O–H groups in total. The minimum atomic E-state index is 0.382. The van der Waals surface area contributed by atoms with Gasteiger partial charge in [-0.2, -0.15) is 0 Å². The van der Waals surface area contributed by atoms with Crippen LogP contribution in [0.15, 0.2) is 12.2 Å². The van der Waals surface area contributed by atoms with Crippen molar-refractivity contribution < 1.29 is 0 Å². The Balaban J connectivity index is 2.71. The van der Waals surface area contributed by atoms with Crippen molar-refractivity contribution in [2.24, 2.45) is 5.41 Å². The minimum absolute atomic E-state index is 0.382. The second-order valence-corrected chi connectivity index (χ2v) is 4.66. The molecule has 0 saturated heterocycles. The highest BCUT2D eigenvalue weighted by Gasteiger charge is 2.28. The van der Waals surface area contributed by atoms with E-state index < -0.39 is 0 Å². The van der Waals surface area contributed by atoms with Crippen LogP contribution in [0.4, 0.5) is 0 Å². The maximum absolute atomic E-state index is 2.56. The van der Waals surface area contributed by atoms with Gasteiger partial charge in [-0.3, -0.25) is 4.90 Å². The van der Waals surface area contributed by atoms with Gasteiger partial charge in [0, 0.05) is 12.6 Å². The van der Waals surface area contributed by atoms with Gasteiger partial charge in [0.15, 0.2) is 0 Å². The first-order valence-electron chi connectivity index (χ1n) is 4.96. The third-order valence-corrected chi connectivity index (χ3v) is 2.59. The van der Waals surface area contributed by atoms with E-state index in [0.717, 1.165) is 0 Å². The van der Waals surface area contributed by atoms with Gasteiger partial charge in [0.2, 0.25) is 0 Å². The normalized spacial score (nSPS) is 26.2. The van der Waals surface area contributed by atoms with Gasteiger partial charge in [-0.05, 0) is 18.4 Å². The van der Waals surface area contributed by atoms with E-state index in [1.165, 1.54) is 19.5 Å². The number of hydrogen-bond acceptors (Lipinski definition) is 1. The maximum Gasteiger partial charge on any atom is 0.0326 e. The average Bonchev–Trinajstić information content (AvgIpc) is 2.03. The summed E-state index contributed by atoms with van der Waals surface area (Å²) < 4.78 is 0. The highest BCUT2D eigenvalue weighted by Crippen LogP contribution is 2.27. The summed E-state index contributed by atoms with van der Waals surface area (Å²) in [5.41, 5.74) is 0.382. The molecule has 1 heterocycles. The van der Waals surface area contributed by atoms with E-state index in [4.69, 9.17) is 0 Å². The molecule has 0 saturated carbocycles. The second-order valence-electron chi connectivity index (χ2n) is 4.66. The Hall–Kier alpha value is -0.300. The maximum atomic E-state index is 2.56. The standard InChI is InChI=1S/C11H21N/c1-5-12-9-7-6-8-10(12)11(2,3)4/h6,8,10H,5,7,9H2,1-4H3. The molecule has 1 atom stereocenters. The Labute approximate surface area is 76.5 Å². The summed E-state index contributed by atoms with van der Waals surface area (Å²) in [6.07, 6.45) is 5.91. The van der Waals surface area contributed by atoms with Crippen LogP contribution in [0.3, 0.4) is 0 Å². The molecule has 0 bridgehead atoms. The molecule has 0 spiro atoms. The van der Waals surface area contributed by atoms with Crippen molar-refractivity contribution in [3.8, 4) is 0 Å². The molecule has 0 radical (unpaired) electrons. The monoisotopic (exact) mass is 167 g/mol. The molecule has 1 aliphatic heterocycles. The van der Waals surface area contributed by atoms with Crippen molar-refractivity contribution in [3.05, 3.63) is 12.2 Å². The van der Waals surface area contributed by atoms with Gasteiger partial charge in [-0.1, -0.05) is 39.8 Å². The highest BCUT2D eigenvalue weighted by molar-refractivity contribution is 5.04. The second kappa shape index (κ2) is 3.61. The van der Waals surface area contributed by atoms with Gasteiger partial charge in [0.25, 0.3) is 0 Å².